The van der Waals surface area contributed by atoms with Crippen molar-refractivity contribution >= 4 is 0 Å². The minimum atomic E-state index is 0.0610. The predicted molar refractivity (Wildman–Crippen MR) is 84.5 cm³/mol. The van der Waals surface area contributed by atoms with Crippen molar-refractivity contribution in [2.75, 3.05) is 0 Å². The Morgan fingerprint density at radius 2 is 1.76 bits per heavy atom. The van der Waals surface area contributed by atoms with Gasteiger partial charge in [-0.05, 0) is 42.9 Å². The monoisotopic (exact) mass is 279 g/mol. The molecule has 108 valence electrons. The van der Waals surface area contributed by atoms with E-state index in [1.807, 2.05) is 0 Å². The van der Waals surface area contributed by atoms with Crippen molar-refractivity contribution in [2.24, 2.45) is 5.73 Å². The van der Waals surface area contributed by atoms with Gasteiger partial charge < -0.3 is 10.5 Å². The zero-order valence-electron chi connectivity index (χ0n) is 12.4. The summed E-state index contributed by atoms with van der Waals surface area (Å²) in [6.07, 6.45) is 3.57. The van der Waals surface area contributed by atoms with Crippen LogP contribution in [0, 0.1) is 6.92 Å². The molecule has 4 rings (SSSR count). The molecule has 2 nitrogen and oxygen atoms in total. The third-order valence-corrected chi connectivity index (χ3v) is 4.66. The quantitative estimate of drug-likeness (QED) is 0.884. The average Bonchev–Trinajstić information content (AvgIpc) is 3.32. The number of fused-ring (bicyclic) bond motifs is 1. The summed E-state index contributed by atoms with van der Waals surface area (Å²) in [7, 11) is 0. The van der Waals surface area contributed by atoms with Crippen LogP contribution in [0.3, 0.4) is 0 Å². The highest BCUT2D eigenvalue weighted by molar-refractivity contribution is 5.43. The maximum absolute atomic E-state index is 6.40. The summed E-state index contributed by atoms with van der Waals surface area (Å²) < 4.78 is 6.28. The van der Waals surface area contributed by atoms with Crippen LogP contribution in [0.5, 0.6) is 5.75 Å². The van der Waals surface area contributed by atoms with Crippen LogP contribution in [0.1, 0.15) is 59.6 Å². The Morgan fingerprint density at radius 3 is 2.52 bits per heavy atom. The summed E-state index contributed by atoms with van der Waals surface area (Å²) in [6, 6.07) is 15.1. The lowest BCUT2D eigenvalue weighted by Gasteiger charge is -2.32. The lowest BCUT2D eigenvalue weighted by Crippen LogP contribution is -2.24. The third kappa shape index (κ3) is 2.34. The van der Waals surface area contributed by atoms with Crippen LogP contribution < -0.4 is 10.5 Å². The first-order valence-electron chi connectivity index (χ1n) is 7.84. The Bertz CT molecular complexity index is 675. The second-order valence-corrected chi connectivity index (χ2v) is 6.39. The number of benzene rings is 2. The topological polar surface area (TPSA) is 35.2 Å². The molecule has 1 aliphatic heterocycles. The molecule has 2 aromatic rings. The fourth-order valence-corrected chi connectivity index (χ4v) is 3.38. The Hall–Kier alpha value is -1.80. The Kier molecular flexibility index (Phi) is 3.00. The van der Waals surface area contributed by atoms with Crippen LogP contribution >= 0.6 is 0 Å². The van der Waals surface area contributed by atoms with E-state index >= 15 is 0 Å². The van der Waals surface area contributed by atoms with E-state index in [0.29, 0.717) is 0 Å². The highest BCUT2D eigenvalue weighted by atomic mass is 16.5. The Labute approximate surface area is 125 Å². The number of hydrogen-bond donors (Lipinski definition) is 1. The molecule has 2 N–H and O–H groups in total. The molecule has 0 amide bonds. The molecule has 1 heterocycles. The Balaban J connectivity index is 1.71. The van der Waals surface area contributed by atoms with Gasteiger partial charge in [-0.15, -0.1) is 0 Å². The van der Waals surface area contributed by atoms with E-state index in [4.69, 9.17) is 10.5 Å². The van der Waals surface area contributed by atoms with Crippen molar-refractivity contribution in [1.82, 2.24) is 0 Å². The maximum atomic E-state index is 6.40. The molecule has 0 saturated heterocycles. The lowest BCUT2D eigenvalue weighted by atomic mass is 9.89. The van der Waals surface area contributed by atoms with Crippen molar-refractivity contribution in [1.29, 1.82) is 0 Å². The average molecular weight is 279 g/mol. The molecule has 0 aromatic heterocycles. The molecule has 1 saturated carbocycles. The summed E-state index contributed by atoms with van der Waals surface area (Å²) in [5.74, 6) is 1.69. The van der Waals surface area contributed by atoms with Gasteiger partial charge in [0.1, 0.15) is 11.9 Å². The predicted octanol–water partition coefficient (Wildman–Crippen LogP) is 4.40. The van der Waals surface area contributed by atoms with Crippen molar-refractivity contribution in [3.8, 4) is 5.75 Å². The third-order valence-electron chi connectivity index (χ3n) is 4.66. The first-order chi connectivity index (χ1) is 10.2. The molecule has 21 heavy (non-hydrogen) atoms. The molecule has 2 atom stereocenters. The van der Waals surface area contributed by atoms with Gasteiger partial charge in [0.05, 0.1) is 0 Å². The van der Waals surface area contributed by atoms with E-state index < -0.39 is 0 Å². The summed E-state index contributed by atoms with van der Waals surface area (Å²) in [5, 5.41) is 0. The zero-order chi connectivity index (χ0) is 14.4. The van der Waals surface area contributed by atoms with Gasteiger partial charge in [0.15, 0.2) is 0 Å². The lowest BCUT2D eigenvalue weighted by molar-refractivity contribution is 0.160. The van der Waals surface area contributed by atoms with E-state index in [1.54, 1.807) is 0 Å². The van der Waals surface area contributed by atoms with E-state index in [2.05, 4.69) is 49.4 Å². The number of aryl methyl sites for hydroxylation is 1. The standard InChI is InChI=1S/C19H21NO/c1-12-6-9-18-16(10-12)17(20)11-19(21-18)15-5-3-2-4-14(15)13-7-8-13/h2-6,9-10,13,17,19H,7-8,11,20H2,1H3/t17-,19?/m0/s1. The van der Waals surface area contributed by atoms with E-state index in [1.165, 1.54) is 29.5 Å². The van der Waals surface area contributed by atoms with E-state index in [9.17, 15) is 0 Å². The minimum Gasteiger partial charge on any atom is -0.485 e. The minimum absolute atomic E-state index is 0.0610. The van der Waals surface area contributed by atoms with Crippen molar-refractivity contribution in [2.45, 2.75) is 44.2 Å². The van der Waals surface area contributed by atoms with E-state index in [0.717, 1.165) is 23.7 Å². The molecule has 0 bridgehead atoms. The van der Waals surface area contributed by atoms with Crippen LogP contribution in [-0.2, 0) is 0 Å². The molecule has 0 spiro atoms. The van der Waals surface area contributed by atoms with Gasteiger partial charge in [-0.1, -0.05) is 42.0 Å². The molecular formula is C19H21NO. The normalized spacial score (nSPS) is 24.3. The summed E-state index contributed by atoms with van der Waals surface area (Å²) in [5.41, 5.74) is 11.6. The summed E-state index contributed by atoms with van der Waals surface area (Å²) in [4.78, 5) is 0. The van der Waals surface area contributed by atoms with Crippen LogP contribution in [0.25, 0.3) is 0 Å². The largest absolute Gasteiger partial charge is 0.485 e. The van der Waals surface area contributed by atoms with Crippen LogP contribution in [-0.4, -0.2) is 0 Å². The van der Waals surface area contributed by atoms with Crippen LogP contribution in [0.4, 0.5) is 0 Å². The zero-order valence-corrected chi connectivity index (χ0v) is 12.4. The number of nitrogens with two attached hydrogens (primary N) is 1. The fraction of sp³-hybridized carbons (Fsp3) is 0.368. The fourth-order valence-electron chi connectivity index (χ4n) is 3.38. The highest BCUT2D eigenvalue weighted by Crippen LogP contribution is 2.46. The van der Waals surface area contributed by atoms with Gasteiger partial charge in [-0.3, -0.25) is 0 Å². The summed E-state index contributed by atoms with van der Waals surface area (Å²) >= 11 is 0. The van der Waals surface area contributed by atoms with Crippen molar-refractivity contribution in [3.05, 3.63) is 64.7 Å². The number of rotatable bonds is 2. The van der Waals surface area contributed by atoms with Gasteiger partial charge in [0, 0.05) is 18.0 Å². The van der Waals surface area contributed by atoms with Gasteiger partial charge in [0.2, 0.25) is 0 Å². The first kappa shape index (κ1) is 12.9. The number of hydrogen-bond acceptors (Lipinski definition) is 2. The first-order valence-corrected chi connectivity index (χ1v) is 7.84. The molecule has 1 aliphatic carbocycles. The molecule has 1 fully saturated rings. The maximum Gasteiger partial charge on any atom is 0.126 e. The van der Waals surface area contributed by atoms with Gasteiger partial charge in [-0.25, -0.2) is 0 Å². The molecule has 0 radical (unpaired) electrons. The van der Waals surface area contributed by atoms with Gasteiger partial charge >= 0.3 is 0 Å². The molecule has 2 aromatic carbocycles. The molecule has 1 unspecified atom stereocenters. The second kappa shape index (κ2) is 4.88. The van der Waals surface area contributed by atoms with Crippen molar-refractivity contribution < 1.29 is 4.74 Å². The second-order valence-electron chi connectivity index (χ2n) is 6.39. The molecular weight excluding hydrogens is 258 g/mol. The highest BCUT2D eigenvalue weighted by Gasteiger charge is 2.32. The van der Waals surface area contributed by atoms with E-state index in [-0.39, 0.29) is 12.1 Å². The van der Waals surface area contributed by atoms with Crippen molar-refractivity contribution in [3.63, 3.8) is 0 Å². The molecule has 2 aliphatic rings. The Morgan fingerprint density at radius 1 is 1.00 bits per heavy atom. The molecule has 2 heteroatoms. The SMILES string of the molecule is Cc1ccc2c(c1)[C@@H](N)CC(c1ccccc1C1CC1)O2. The van der Waals surface area contributed by atoms with Crippen LogP contribution in [0.15, 0.2) is 42.5 Å². The number of ether oxygens (including phenoxy) is 1. The smallest absolute Gasteiger partial charge is 0.126 e. The van der Waals surface area contributed by atoms with Gasteiger partial charge in [-0.2, -0.15) is 0 Å². The summed E-state index contributed by atoms with van der Waals surface area (Å²) in [6.45, 7) is 2.10. The van der Waals surface area contributed by atoms with Crippen LogP contribution in [0.2, 0.25) is 0 Å². The van der Waals surface area contributed by atoms with Gasteiger partial charge in [0.25, 0.3) is 0 Å².